The summed E-state index contributed by atoms with van der Waals surface area (Å²) < 4.78 is 0. The van der Waals surface area contributed by atoms with Gasteiger partial charge in [-0.25, -0.2) is 4.98 Å². The van der Waals surface area contributed by atoms with Crippen LogP contribution in [0, 0.1) is 0 Å². The molecular weight excluding hydrogens is 376 g/mol. The lowest BCUT2D eigenvalue weighted by molar-refractivity contribution is 0.102. The number of nitrogens with one attached hydrogen (secondary N) is 2. The molecule has 1 aliphatic heterocycles. The molecule has 7 heteroatoms. The van der Waals surface area contributed by atoms with Crippen molar-refractivity contribution in [1.82, 2.24) is 20.2 Å². The van der Waals surface area contributed by atoms with Gasteiger partial charge in [0.25, 0.3) is 5.91 Å². The Kier molecular flexibility index (Phi) is 4.85. The van der Waals surface area contributed by atoms with Crippen LogP contribution in [0.4, 0.5) is 11.5 Å². The first-order valence-electron chi connectivity index (χ1n) is 10.2. The lowest BCUT2D eigenvalue weighted by Gasteiger charge is -2.28. The van der Waals surface area contributed by atoms with E-state index in [1.54, 1.807) is 18.3 Å². The van der Waals surface area contributed by atoms with Crippen molar-refractivity contribution in [3.63, 3.8) is 0 Å². The van der Waals surface area contributed by atoms with Crippen LogP contribution in [0.3, 0.4) is 0 Å². The van der Waals surface area contributed by atoms with Crippen molar-refractivity contribution in [2.75, 3.05) is 23.3 Å². The fourth-order valence-electron chi connectivity index (χ4n) is 3.89. The molecule has 0 bridgehead atoms. The second-order valence-electron chi connectivity index (χ2n) is 7.48. The van der Waals surface area contributed by atoms with Crippen LogP contribution in [-0.4, -0.2) is 39.2 Å². The van der Waals surface area contributed by atoms with Crippen molar-refractivity contribution < 1.29 is 4.79 Å². The molecule has 150 valence electrons. The third kappa shape index (κ3) is 3.61. The number of hydrogen-bond acceptors (Lipinski definition) is 5. The number of carbonyl (C=O) groups excluding carboxylic acids is 1. The molecule has 4 heterocycles. The Morgan fingerprint density at radius 3 is 2.73 bits per heavy atom. The third-order valence-corrected chi connectivity index (χ3v) is 5.46. The summed E-state index contributed by atoms with van der Waals surface area (Å²) in [4.78, 5) is 23.7. The molecule has 0 unspecified atom stereocenters. The number of pyridine rings is 2. The molecule has 3 aromatic heterocycles. The Morgan fingerprint density at radius 2 is 1.90 bits per heavy atom. The highest BCUT2D eigenvalue weighted by atomic mass is 16.2. The van der Waals surface area contributed by atoms with Gasteiger partial charge in [0, 0.05) is 36.4 Å². The van der Waals surface area contributed by atoms with Crippen LogP contribution in [0.5, 0.6) is 0 Å². The molecule has 1 saturated heterocycles. The molecule has 1 aromatic carbocycles. The predicted molar refractivity (Wildman–Crippen MR) is 118 cm³/mol. The summed E-state index contributed by atoms with van der Waals surface area (Å²) in [5.74, 6) is 0.200. The molecule has 7 nitrogen and oxygen atoms in total. The van der Waals surface area contributed by atoms with Crippen molar-refractivity contribution >= 4 is 28.3 Å². The molecule has 1 fully saturated rings. The quantitative estimate of drug-likeness (QED) is 0.536. The first-order valence-corrected chi connectivity index (χ1v) is 10.2. The lowest BCUT2D eigenvalue weighted by Crippen LogP contribution is -2.29. The van der Waals surface area contributed by atoms with Gasteiger partial charge in [0.1, 0.15) is 5.82 Å². The number of piperidine rings is 1. The number of H-pyrrole nitrogens is 1. The summed E-state index contributed by atoms with van der Waals surface area (Å²) >= 11 is 0. The Labute approximate surface area is 174 Å². The third-order valence-electron chi connectivity index (χ3n) is 5.46. The van der Waals surface area contributed by atoms with E-state index in [1.807, 2.05) is 36.7 Å². The molecule has 5 rings (SSSR count). The van der Waals surface area contributed by atoms with Gasteiger partial charge in [-0.05, 0) is 55.2 Å². The zero-order valence-corrected chi connectivity index (χ0v) is 16.5. The van der Waals surface area contributed by atoms with Gasteiger partial charge >= 0.3 is 0 Å². The summed E-state index contributed by atoms with van der Waals surface area (Å²) in [7, 11) is 0. The largest absolute Gasteiger partial charge is 0.370 e. The number of hydrogen-bond donors (Lipinski definition) is 2. The molecule has 0 aliphatic carbocycles. The number of aromatic amines is 1. The Morgan fingerprint density at radius 1 is 1.00 bits per heavy atom. The van der Waals surface area contributed by atoms with Crippen LogP contribution in [0.2, 0.25) is 0 Å². The highest BCUT2D eigenvalue weighted by Gasteiger charge is 2.16. The van der Waals surface area contributed by atoms with Crippen LogP contribution >= 0.6 is 0 Å². The standard InChI is InChI=1S/C23H22N6O/c30-23(26-21-6-2-3-9-25-21)22-19-13-16(7-8-20(19)27-28-22)17-12-18(15-24-14-17)29-10-4-1-5-11-29/h2-3,6-9,12-15H,1,4-5,10-11H2,(H,27,28)(H,25,26,30). The normalized spacial score (nSPS) is 14.1. The maximum Gasteiger partial charge on any atom is 0.277 e. The van der Waals surface area contributed by atoms with Gasteiger partial charge in [0.2, 0.25) is 0 Å². The first-order chi connectivity index (χ1) is 14.8. The number of benzene rings is 1. The minimum atomic E-state index is -0.294. The highest BCUT2D eigenvalue weighted by molar-refractivity contribution is 6.11. The van der Waals surface area contributed by atoms with Gasteiger partial charge in [-0.1, -0.05) is 12.1 Å². The number of aromatic nitrogens is 4. The number of carbonyl (C=O) groups is 1. The van der Waals surface area contributed by atoms with E-state index in [2.05, 4.69) is 36.4 Å². The zero-order valence-electron chi connectivity index (χ0n) is 16.5. The molecule has 30 heavy (non-hydrogen) atoms. The Hall–Kier alpha value is -3.74. The summed E-state index contributed by atoms with van der Waals surface area (Å²) in [6, 6.07) is 13.5. The summed E-state index contributed by atoms with van der Waals surface area (Å²) in [5.41, 5.74) is 4.33. The second kappa shape index (κ2) is 7.94. The van der Waals surface area contributed by atoms with Crippen molar-refractivity contribution in [2.24, 2.45) is 0 Å². The highest BCUT2D eigenvalue weighted by Crippen LogP contribution is 2.29. The average Bonchev–Trinajstić information content (AvgIpc) is 3.24. The number of nitrogens with zero attached hydrogens (tertiary/aromatic N) is 4. The molecule has 1 aliphatic rings. The van der Waals surface area contributed by atoms with Crippen LogP contribution in [0.25, 0.3) is 22.0 Å². The van der Waals surface area contributed by atoms with Crippen molar-refractivity contribution in [3.05, 3.63) is 66.7 Å². The summed E-state index contributed by atoms with van der Waals surface area (Å²) in [5, 5.41) is 10.7. The SMILES string of the molecule is O=C(Nc1ccccn1)c1n[nH]c2ccc(-c3cncc(N4CCCCC4)c3)cc12. The van der Waals surface area contributed by atoms with Gasteiger partial charge < -0.3 is 10.2 Å². The molecule has 4 aromatic rings. The smallest absolute Gasteiger partial charge is 0.277 e. The van der Waals surface area contributed by atoms with Crippen molar-refractivity contribution in [2.45, 2.75) is 19.3 Å². The lowest BCUT2D eigenvalue weighted by atomic mass is 10.0. The van der Waals surface area contributed by atoms with E-state index in [0.717, 1.165) is 40.8 Å². The number of rotatable bonds is 4. The van der Waals surface area contributed by atoms with Gasteiger partial charge in [-0.2, -0.15) is 5.10 Å². The maximum atomic E-state index is 12.7. The zero-order chi connectivity index (χ0) is 20.3. The van der Waals surface area contributed by atoms with E-state index >= 15 is 0 Å². The van der Waals surface area contributed by atoms with Crippen molar-refractivity contribution in [1.29, 1.82) is 0 Å². The minimum absolute atomic E-state index is 0.294. The van der Waals surface area contributed by atoms with E-state index in [1.165, 1.54) is 19.3 Å². The molecule has 2 N–H and O–H groups in total. The molecule has 0 saturated carbocycles. The first kappa shape index (κ1) is 18.3. The molecule has 0 radical (unpaired) electrons. The van der Waals surface area contributed by atoms with Crippen LogP contribution in [0.1, 0.15) is 29.8 Å². The van der Waals surface area contributed by atoms with E-state index in [9.17, 15) is 4.79 Å². The van der Waals surface area contributed by atoms with Gasteiger partial charge in [-0.3, -0.25) is 14.9 Å². The minimum Gasteiger partial charge on any atom is -0.370 e. The summed E-state index contributed by atoms with van der Waals surface area (Å²) in [6.07, 6.45) is 9.17. The molecular formula is C23H22N6O. The monoisotopic (exact) mass is 398 g/mol. The van der Waals surface area contributed by atoms with E-state index in [-0.39, 0.29) is 5.91 Å². The molecule has 0 spiro atoms. The van der Waals surface area contributed by atoms with E-state index in [0.29, 0.717) is 11.5 Å². The summed E-state index contributed by atoms with van der Waals surface area (Å²) in [6.45, 7) is 2.15. The molecule has 0 atom stereocenters. The number of fused-ring (bicyclic) bond motifs is 1. The Balaban J connectivity index is 1.46. The fraction of sp³-hybridized carbons (Fsp3) is 0.217. The van der Waals surface area contributed by atoms with Gasteiger partial charge in [-0.15, -0.1) is 0 Å². The number of amides is 1. The maximum absolute atomic E-state index is 12.7. The van der Waals surface area contributed by atoms with Gasteiger partial charge in [0.15, 0.2) is 5.69 Å². The topological polar surface area (TPSA) is 86.8 Å². The van der Waals surface area contributed by atoms with Gasteiger partial charge in [0.05, 0.1) is 17.4 Å². The Bertz CT molecular complexity index is 1180. The average molecular weight is 398 g/mol. The molecule has 1 amide bonds. The van der Waals surface area contributed by atoms with Crippen LogP contribution < -0.4 is 10.2 Å². The predicted octanol–water partition coefficient (Wildman–Crippen LogP) is 4.26. The van der Waals surface area contributed by atoms with Crippen molar-refractivity contribution in [3.8, 4) is 11.1 Å². The number of anilines is 2. The van der Waals surface area contributed by atoms with E-state index < -0.39 is 0 Å². The second-order valence-corrected chi connectivity index (χ2v) is 7.48. The van der Waals surface area contributed by atoms with E-state index in [4.69, 9.17) is 0 Å². The fourth-order valence-corrected chi connectivity index (χ4v) is 3.89. The van der Waals surface area contributed by atoms with Crippen LogP contribution in [-0.2, 0) is 0 Å². The van der Waals surface area contributed by atoms with Crippen LogP contribution in [0.15, 0.2) is 61.1 Å².